The molecule has 1 rings (SSSR count). The van der Waals surface area contributed by atoms with Gasteiger partial charge in [-0.05, 0) is 36.3 Å². The Morgan fingerprint density at radius 1 is 1.39 bits per heavy atom. The highest BCUT2D eigenvalue weighted by molar-refractivity contribution is 7.80. The van der Waals surface area contributed by atoms with Crippen LogP contribution in [0, 0.1) is 0 Å². The Bertz CT molecular complexity index is 364. The first-order valence-electron chi connectivity index (χ1n) is 5.97. The largest absolute Gasteiger partial charge is 0.497 e. The van der Waals surface area contributed by atoms with E-state index < -0.39 is 0 Å². The van der Waals surface area contributed by atoms with Crippen LogP contribution in [0.2, 0.25) is 0 Å². The molecule has 0 saturated carbocycles. The lowest BCUT2D eigenvalue weighted by molar-refractivity contribution is 0.252. The zero-order valence-corrected chi connectivity index (χ0v) is 11.6. The summed E-state index contributed by atoms with van der Waals surface area (Å²) in [5.74, 6) is 0.839. The molecule has 1 aromatic rings. The summed E-state index contributed by atoms with van der Waals surface area (Å²) in [6, 6.07) is 7.81. The third kappa shape index (κ3) is 4.89. The van der Waals surface area contributed by atoms with Crippen molar-refractivity contribution in [2.45, 2.75) is 25.9 Å². The van der Waals surface area contributed by atoms with E-state index >= 15 is 0 Å². The fraction of sp³-hybridized carbons (Fsp3) is 0.462. The Morgan fingerprint density at radius 3 is 2.56 bits per heavy atom. The smallest absolute Gasteiger partial charge is 0.166 e. The molecule has 18 heavy (non-hydrogen) atoms. The molecule has 3 N–H and O–H groups in total. The minimum atomic E-state index is 0.0147. The maximum Gasteiger partial charge on any atom is 0.166 e. The number of nitrogens with one attached hydrogen (secondary N) is 2. The third-order valence-electron chi connectivity index (χ3n) is 2.66. The number of hydrogen-bond acceptors (Lipinski definition) is 3. The molecule has 1 aromatic carbocycles. The second-order valence-electron chi connectivity index (χ2n) is 3.96. The van der Waals surface area contributed by atoms with Gasteiger partial charge in [0.1, 0.15) is 5.75 Å². The minimum Gasteiger partial charge on any atom is -0.497 e. The Labute approximate surface area is 113 Å². The summed E-state index contributed by atoms with van der Waals surface area (Å²) in [5, 5.41) is 15.8. The maximum atomic E-state index is 9.05. The van der Waals surface area contributed by atoms with Gasteiger partial charge >= 0.3 is 0 Å². The van der Waals surface area contributed by atoms with Crippen LogP contribution in [-0.4, -0.2) is 30.0 Å². The number of aliphatic hydroxyl groups excluding tert-OH is 1. The van der Waals surface area contributed by atoms with Gasteiger partial charge in [-0.3, -0.25) is 0 Å². The number of thiocarbonyl (C=S) groups is 1. The Balaban J connectivity index is 2.37. The second kappa shape index (κ2) is 7.89. The van der Waals surface area contributed by atoms with Gasteiger partial charge in [-0.1, -0.05) is 19.1 Å². The van der Waals surface area contributed by atoms with Crippen LogP contribution < -0.4 is 15.4 Å². The van der Waals surface area contributed by atoms with E-state index in [1.807, 2.05) is 31.2 Å². The fourth-order valence-electron chi connectivity index (χ4n) is 1.44. The summed E-state index contributed by atoms with van der Waals surface area (Å²) in [5.41, 5.74) is 1.12. The molecule has 1 atom stereocenters. The summed E-state index contributed by atoms with van der Waals surface area (Å²) in [7, 11) is 1.64. The van der Waals surface area contributed by atoms with Gasteiger partial charge < -0.3 is 20.5 Å². The molecule has 0 amide bonds. The summed E-state index contributed by atoms with van der Waals surface area (Å²) in [6.07, 6.45) is 0.834. The molecule has 0 heterocycles. The molecule has 0 radical (unpaired) electrons. The standard InChI is InChI=1S/C13H20N2O2S/c1-3-11(9-16)15-13(18)14-8-10-4-6-12(17-2)7-5-10/h4-7,11,16H,3,8-9H2,1-2H3,(H2,14,15,18)/t11-/m1/s1. The van der Waals surface area contributed by atoms with E-state index in [-0.39, 0.29) is 12.6 Å². The molecule has 0 fully saturated rings. The van der Waals surface area contributed by atoms with Crippen molar-refractivity contribution in [1.82, 2.24) is 10.6 Å². The highest BCUT2D eigenvalue weighted by Gasteiger charge is 2.05. The van der Waals surface area contributed by atoms with Gasteiger partial charge in [0.05, 0.1) is 19.8 Å². The predicted molar refractivity (Wildman–Crippen MR) is 76.7 cm³/mol. The second-order valence-corrected chi connectivity index (χ2v) is 4.37. The molecule has 0 aliphatic heterocycles. The van der Waals surface area contributed by atoms with Crippen molar-refractivity contribution in [3.05, 3.63) is 29.8 Å². The summed E-state index contributed by atoms with van der Waals surface area (Å²) in [4.78, 5) is 0. The van der Waals surface area contributed by atoms with E-state index in [1.54, 1.807) is 7.11 Å². The number of rotatable bonds is 6. The van der Waals surface area contributed by atoms with Crippen molar-refractivity contribution in [2.75, 3.05) is 13.7 Å². The average Bonchev–Trinajstić information content (AvgIpc) is 2.43. The topological polar surface area (TPSA) is 53.5 Å². The van der Waals surface area contributed by atoms with E-state index in [1.165, 1.54) is 0 Å². The normalized spacial score (nSPS) is 11.7. The lowest BCUT2D eigenvalue weighted by atomic mass is 10.2. The number of benzene rings is 1. The Kier molecular flexibility index (Phi) is 6.46. The van der Waals surface area contributed by atoms with Crippen LogP contribution in [0.1, 0.15) is 18.9 Å². The fourth-order valence-corrected chi connectivity index (χ4v) is 1.68. The van der Waals surface area contributed by atoms with Crippen LogP contribution in [-0.2, 0) is 6.54 Å². The first-order valence-corrected chi connectivity index (χ1v) is 6.38. The van der Waals surface area contributed by atoms with Crippen LogP contribution in [0.25, 0.3) is 0 Å². The van der Waals surface area contributed by atoms with Gasteiger partial charge in [0.25, 0.3) is 0 Å². The predicted octanol–water partition coefficient (Wildman–Crippen LogP) is 1.43. The molecule has 100 valence electrons. The van der Waals surface area contributed by atoms with Crippen LogP contribution >= 0.6 is 12.2 Å². The Hall–Kier alpha value is -1.33. The van der Waals surface area contributed by atoms with Gasteiger partial charge in [0, 0.05) is 6.54 Å². The minimum absolute atomic E-state index is 0.0147. The van der Waals surface area contributed by atoms with Gasteiger partial charge in [0.15, 0.2) is 5.11 Å². The van der Waals surface area contributed by atoms with Crippen LogP contribution in [0.4, 0.5) is 0 Å². The average molecular weight is 268 g/mol. The SMILES string of the molecule is CC[C@H](CO)NC(=S)NCc1ccc(OC)cc1. The molecule has 5 heteroatoms. The van der Waals surface area contributed by atoms with Crippen molar-refractivity contribution < 1.29 is 9.84 Å². The monoisotopic (exact) mass is 268 g/mol. The molecule has 0 bridgehead atoms. The van der Waals surface area contributed by atoms with Crippen molar-refractivity contribution in [3.63, 3.8) is 0 Å². The molecular weight excluding hydrogens is 248 g/mol. The summed E-state index contributed by atoms with van der Waals surface area (Å²) < 4.78 is 5.09. The van der Waals surface area contributed by atoms with Crippen molar-refractivity contribution in [2.24, 2.45) is 0 Å². The van der Waals surface area contributed by atoms with Gasteiger partial charge in [-0.15, -0.1) is 0 Å². The zero-order valence-electron chi connectivity index (χ0n) is 10.8. The van der Waals surface area contributed by atoms with E-state index in [0.717, 1.165) is 17.7 Å². The lowest BCUT2D eigenvalue weighted by Crippen LogP contribution is -2.43. The van der Waals surface area contributed by atoms with Gasteiger partial charge in [0.2, 0.25) is 0 Å². The zero-order chi connectivity index (χ0) is 13.4. The van der Waals surface area contributed by atoms with Crippen molar-refractivity contribution >= 4 is 17.3 Å². The number of ether oxygens (including phenoxy) is 1. The number of methoxy groups -OCH3 is 1. The molecule has 0 spiro atoms. The maximum absolute atomic E-state index is 9.05. The van der Waals surface area contributed by atoms with Crippen molar-refractivity contribution in [3.8, 4) is 5.75 Å². The van der Waals surface area contributed by atoms with E-state index in [0.29, 0.717) is 11.7 Å². The third-order valence-corrected chi connectivity index (χ3v) is 2.92. The summed E-state index contributed by atoms with van der Waals surface area (Å²) >= 11 is 5.15. The van der Waals surface area contributed by atoms with Crippen molar-refractivity contribution in [1.29, 1.82) is 0 Å². The van der Waals surface area contributed by atoms with E-state index in [2.05, 4.69) is 10.6 Å². The molecule has 0 saturated heterocycles. The first kappa shape index (κ1) is 14.7. The van der Waals surface area contributed by atoms with Gasteiger partial charge in [-0.2, -0.15) is 0 Å². The lowest BCUT2D eigenvalue weighted by Gasteiger charge is -2.17. The van der Waals surface area contributed by atoms with Crippen LogP contribution in [0.15, 0.2) is 24.3 Å². The number of aliphatic hydroxyl groups is 1. The summed E-state index contributed by atoms with van der Waals surface area (Å²) in [6.45, 7) is 2.73. The molecule has 0 unspecified atom stereocenters. The van der Waals surface area contributed by atoms with Crippen LogP contribution in [0.5, 0.6) is 5.75 Å². The molecule has 0 aliphatic carbocycles. The Morgan fingerprint density at radius 2 is 2.06 bits per heavy atom. The first-order chi connectivity index (χ1) is 8.69. The highest BCUT2D eigenvalue weighted by atomic mass is 32.1. The molecular formula is C13H20N2O2S. The van der Waals surface area contributed by atoms with Gasteiger partial charge in [-0.25, -0.2) is 0 Å². The van der Waals surface area contributed by atoms with E-state index in [9.17, 15) is 0 Å². The molecule has 0 aromatic heterocycles. The highest BCUT2D eigenvalue weighted by Crippen LogP contribution is 2.10. The quantitative estimate of drug-likeness (QED) is 0.682. The molecule has 0 aliphatic rings. The molecule has 4 nitrogen and oxygen atoms in total. The van der Waals surface area contributed by atoms with E-state index in [4.69, 9.17) is 22.1 Å². The van der Waals surface area contributed by atoms with Crippen LogP contribution in [0.3, 0.4) is 0 Å². The number of hydrogen-bond donors (Lipinski definition) is 3.